The van der Waals surface area contributed by atoms with Crippen LogP contribution in [0.4, 0.5) is 5.82 Å². The summed E-state index contributed by atoms with van der Waals surface area (Å²) in [4.78, 5) is 10.5. The zero-order chi connectivity index (χ0) is 12.3. The fraction of sp³-hybridized carbons (Fsp3) is 0.636. The van der Waals surface area contributed by atoms with Crippen molar-refractivity contribution in [3.63, 3.8) is 0 Å². The highest BCUT2D eigenvalue weighted by Crippen LogP contribution is 2.32. The van der Waals surface area contributed by atoms with Crippen molar-refractivity contribution in [3.8, 4) is 0 Å². The molecule has 1 atom stereocenters. The molecule has 2 heterocycles. The van der Waals surface area contributed by atoms with Crippen LogP contribution in [0.3, 0.4) is 0 Å². The molecule has 1 saturated heterocycles. The third kappa shape index (κ3) is 3.09. The quantitative estimate of drug-likeness (QED) is 0.867. The SMILES string of the molecule is OCCCC1CCCN1c1nc(Cl)ncc1Br. The molecule has 0 amide bonds. The van der Waals surface area contributed by atoms with Gasteiger partial charge in [0.15, 0.2) is 0 Å². The van der Waals surface area contributed by atoms with Crippen molar-refractivity contribution >= 4 is 33.3 Å². The van der Waals surface area contributed by atoms with E-state index in [2.05, 4.69) is 30.8 Å². The van der Waals surface area contributed by atoms with Crippen LogP contribution >= 0.6 is 27.5 Å². The number of hydrogen-bond donors (Lipinski definition) is 1. The minimum atomic E-state index is 0.246. The molecule has 0 radical (unpaired) electrons. The average molecular weight is 321 g/mol. The smallest absolute Gasteiger partial charge is 0.224 e. The van der Waals surface area contributed by atoms with Gasteiger partial charge < -0.3 is 10.0 Å². The fourth-order valence-electron chi connectivity index (χ4n) is 2.28. The largest absolute Gasteiger partial charge is 0.396 e. The van der Waals surface area contributed by atoms with E-state index in [9.17, 15) is 0 Å². The van der Waals surface area contributed by atoms with Crippen molar-refractivity contribution in [2.24, 2.45) is 0 Å². The van der Waals surface area contributed by atoms with Crippen molar-refractivity contribution in [1.29, 1.82) is 0 Å². The van der Waals surface area contributed by atoms with E-state index >= 15 is 0 Å². The zero-order valence-electron chi connectivity index (χ0n) is 9.44. The second-order valence-corrected chi connectivity index (χ2v) is 5.36. The van der Waals surface area contributed by atoms with Gasteiger partial charge in [-0.2, -0.15) is 4.98 Å². The summed E-state index contributed by atoms with van der Waals surface area (Å²) in [5.41, 5.74) is 0. The van der Waals surface area contributed by atoms with Crippen molar-refractivity contribution in [3.05, 3.63) is 16.0 Å². The van der Waals surface area contributed by atoms with Crippen molar-refractivity contribution in [2.75, 3.05) is 18.1 Å². The van der Waals surface area contributed by atoms with Crippen LogP contribution < -0.4 is 4.90 Å². The topological polar surface area (TPSA) is 49.2 Å². The third-order valence-corrected chi connectivity index (χ3v) is 3.78. The van der Waals surface area contributed by atoms with Crippen LogP contribution in [0.1, 0.15) is 25.7 Å². The lowest BCUT2D eigenvalue weighted by atomic mass is 10.1. The molecule has 94 valence electrons. The summed E-state index contributed by atoms with van der Waals surface area (Å²) < 4.78 is 0.873. The summed E-state index contributed by atoms with van der Waals surface area (Å²) in [7, 11) is 0. The second kappa shape index (κ2) is 5.98. The number of aromatic nitrogens is 2. The van der Waals surface area contributed by atoms with E-state index in [1.165, 1.54) is 0 Å². The number of nitrogens with zero attached hydrogens (tertiary/aromatic N) is 3. The van der Waals surface area contributed by atoms with E-state index in [1.807, 2.05) is 0 Å². The van der Waals surface area contributed by atoms with Crippen LogP contribution in [0, 0.1) is 0 Å². The number of halogens is 2. The third-order valence-electron chi connectivity index (χ3n) is 3.04. The van der Waals surface area contributed by atoms with Gasteiger partial charge in [0.25, 0.3) is 0 Å². The van der Waals surface area contributed by atoms with Gasteiger partial charge >= 0.3 is 0 Å². The Labute approximate surface area is 114 Å². The standard InChI is InChI=1S/C11H15BrClN3O/c12-9-7-14-11(13)15-10(9)16-5-1-3-8(16)4-2-6-17/h7-8,17H,1-6H2. The molecule has 2 rings (SSSR count). The van der Waals surface area contributed by atoms with Gasteiger partial charge in [0.05, 0.1) is 4.47 Å². The summed E-state index contributed by atoms with van der Waals surface area (Å²) in [5, 5.41) is 9.18. The van der Waals surface area contributed by atoms with Crippen LogP contribution in [0.2, 0.25) is 5.28 Å². The summed E-state index contributed by atoms with van der Waals surface area (Å²) in [5.74, 6) is 0.866. The molecule has 1 fully saturated rings. The van der Waals surface area contributed by atoms with E-state index in [1.54, 1.807) is 6.20 Å². The van der Waals surface area contributed by atoms with Crippen LogP contribution in [0.5, 0.6) is 0 Å². The van der Waals surface area contributed by atoms with Gasteiger partial charge in [0, 0.05) is 25.4 Å². The van der Waals surface area contributed by atoms with E-state index in [4.69, 9.17) is 16.7 Å². The summed E-state index contributed by atoms with van der Waals surface area (Å²) in [6, 6.07) is 0.449. The Bertz CT molecular complexity index is 391. The molecule has 1 aromatic heterocycles. The zero-order valence-corrected chi connectivity index (χ0v) is 11.8. The van der Waals surface area contributed by atoms with E-state index in [0.717, 1.165) is 42.5 Å². The maximum absolute atomic E-state index is 8.91. The first-order valence-electron chi connectivity index (χ1n) is 5.78. The molecule has 0 aromatic carbocycles. The second-order valence-electron chi connectivity index (χ2n) is 4.17. The Kier molecular flexibility index (Phi) is 4.59. The monoisotopic (exact) mass is 319 g/mol. The Morgan fingerprint density at radius 3 is 3.18 bits per heavy atom. The molecule has 1 N–H and O–H groups in total. The van der Waals surface area contributed by atoms with Gasteiger partial charge in [-0.1, -0.05) is 0 Å². The molecule has 1 aliphatic heterocycles. The van der Waals surface area contributed by atoms with Gasteiger partial charge in [-0.25, -0.2) is 4.98 Å². The molecule has 0 spiro atoms. The Hall–Kier alpha value is -0.390. The molecule has 17 heavy (non-hydrogen) atoms. The molecule has 0 aliphatic carbocycles. The Morgan fingerprint density at radius 1 is 1.59 bits per heavy atom. The molecule has 0 bridgehead atoms. The van der Waals surface area contributed by atoms with Gasteiger partial charge in [-0.15, -0.1) is 0 Å². The lowest BCUT2D eigenvalue weighted by Crippen LogP contribution is -2.30. The van der Waals surface area contributed by atoms with Crippen LogP contribution in [0.25, 0.3) is 0 Å². The summed E-state index contributed by atoms with van der Waals surface area (Å²) in [6.07, 6.45) is 5.81. The minimum absolute atomic E-state index is 0.246. The Balaban J connectivity index is 2.16. The molecule has 6 heteroatoms. The predicted octanol–water partition coefficient (Wildman–Crippen LogP) is 2.63. The maximum atomic E-state index is 8.91. The lowest BCUT2D eigenvalue weighted by molar-refractivity contribution is 0.279. The highest BCUT2D eigenvalue weighted by Gasteiger charge is 2.26. The molecule has 1 aliphatic rings. The molecule has 1 unspecified atom stereocenters. The first-order chi connectivity index (χ1) is 8.22. The molecule has 0 saturated carbocycles. The molecule has 4 nitrogen and oxygen atoms in total. The molecular formula is C11H15BrClN3O. The number of aliphatic hydroxyl groups is 1. The fourth-order valence-corrected chi connectivity index (χ4v) is 2.83. The van der Waals surface area contributed by atoms with Crippen molar-refractivity contribution < 1.29 is 5.11 Å². The number of hydrogen-bond acceptors (Lipinski definition) is 4. The van der Waals surface area contributed by atoms with Gasteiger partial charge in [0.2, 0.25) is 5.28 Å². The van der Waals surface area contributed by atoms with Gasteiger partial charge in [-0.05, 0) is 53.2 Å². The summed E-state index contributed by atoms with van der Waals surface area (Å²) in [6.45, 7) is 1.23. The van der Waals surface area contributed by atoms with E-state index < -0.39 is 0 Å². The van der Waals surface area contributed by atoms with E-state index in [0.29, 0.717) is 6.04 Å². The minimum Gasteiger partial charge on any atom is -0.396 e. The average Bonchev–Trinajstić information content (AvgIpc) is 2.77. The van der Waals surface area contributed by atoms with Crippen LogP contribution in [-0.2, 0) is 0 Å². The number of aliphatic hydroxyl groups excluding tert-OH is 1. The number of rotatable bonds is 4. The number of anilines is 1. The highest BCUT2D eigenvalue weighted by molar-refractivity contribution is 9.10. The normalized spacial score (nSPS) is 19.9. The molecule has 1 aromatic rings. The predicted molar refractivity (Wildman–Crippen MR) is 71.4 cm³/mol. The lowest BCUT2D eigenvalue weighted by Gasteiger charge is -2.26. The highest BCUT2D eigenvalue weighted by atomic mass is 79.9. The van der Waals surface area contributed by atoms with Gasteiger partial charge in [-0.3, -0.25) is 0 Å². The first kappa shape index (κ1) is 13.1. The van der Waals surface area contributed by atoms with Crippen LogP contribution in [0.15, 0.2) is 10.7 Å². The molecular weight excluding hydrogens is 305 g/mol. The van der Waals surface area contributed by atoms with E-state index in [-0.39, 0.29) is 11.9 Å². The van der Waals surface area contributed by atoms with Gasteiger partial charge in [0.1, 0.15) is 5.82 Å². The van der Waals surface area contributed by atoms with Crippen molar-refractivity contribution in [2.45, 2.75) is 31.7 Å². The van der Waals surface area contributed by atoms with Crippen LogP contribution in [-0.4, -0.2) is 34.3 Å². The van der Waals surface area contributed by atoms with Crippen molar-refractivity contribution in [1.82, 2.24) is 9.97 Å². The first-order valence-corrected chi connectivity index (χ1v) is 6.95. The maximum Gasteiger partial charge on any atom is 0.224 e. The summed E-state index contributed by atoms with van der Waals surface area (Å²) >= 11 is 9.30. The Morgan fingerprint density at radius 2 is 2.41 bits per heavy atom.